The molecule has 0 saturated heterocycles. The van der Waals surface area contributed by atoms with Crippen molar-refractivity contribution in [1.82, 2.24) is 9.78 Å². The van der Waals surface area contributed by atoms with Gasteiger partial charge in [-0.1, -0.05) is 0 Å². The second-order valence-electron chi connectivity index (χ2n) is 1.65. The minimum atomic E-state index is 0.566. The Balaban J connectivity index is 2.92. The molecular formula is C5H9N3. The van der Waals surface area contributed by atoms with E-state index in [-0.39, 0.29) is 0 Å². The maximum atomic E-state index is 5.33. The Morgan fingerprint density at radius 1 is 1.88 bits per heavy atom. The van der Waals surface area contributed by atoms with Crippen LogP contribution in [0.25, 0.3) is 0 Å². The third-order valence-corrected chi connectivity index (χ3v) is 1.13. The maximum absolute atomic E-state index is 5.33. The summed E-state index contributed by atoms with van der Waals surface area (Å²) >= 11 is 0. The lowest BCUT2D eigenvalue weighted by Gasteiger charge is -1.92. The second-order valence-corrected chi connectivity index (χ2v) is 1.65. The van der Waals surface area contributed by atoms with E-state index < -0.39 is 0 Å². The van der Waals surface area contributed by atoms with Gasteiger partial charge in [-0.2, -0.15) is 5.10 Å². The van der Waals surface area contributed by atoms with Crippen LogP contribution in [-0.2, 0) is 13.6 Å². The van der Waals surface area contributed by atoms with Crippen LogP contribution in [0, 0.1) is 0 Å². The van der Waals surface area contributed by atoms with Crippen molar-refractivity contribution < 1.29 is 0 Å². The van der Waals surface area contributed by atoms with Crippen molar-refractivity contribution in [2.24, 2.45) is 12.8 Å². The molecule has 0 radical (unpaired) electrons. The Labute approximate surface area is 48.1 Å². The third-order valence-electron chi connectivity index (χ3n) is 1.13. The average molecular weight is 111 g/mol. The van der Waals surface area contributed by atoms with Gasteiger partial charge in [-0.3, -0.25) is 4.68 Å². The van der Waals surface area contributed by atoms with Crippen molar-refractivity contribution in [2.45, 2.75) is 6.54 Å². The van der Waals surface area contributed by atoms with Crippen molar-refractivity contribution in [3.63, 3.8) is 0 Å². The highest BCUT2D eigenvalue weighted by Crippen LogP contribution is 1.91. The first kappa shape index (κ1) is 5.31. The van der Waals surface area contributed by atoms with Gasteiger partial charge in [-0.25, -0.2) is 0 Å². The molecule has 2 N–H and O–H groups in total. The highest BCUT2D eigenvalue weighted by atomic mass is 15.3. The van der Waals surface area contributed by atoms with E-state index in [0.717, 1.165) is 5.69 Å². The molecule has 44 valence electrons. The van der Waals surface area contributed by atoms with Crippen LogP contribution in [0.4, 0.5) is 0 Å². The largest absolute Gasteiger partial charge is 0.325 e. The van der Waals surface area contributed by atoms with E-state index in [1.54, 1.807) is 10.9 Å². The molecule has 0 aliphatic carbocycles. The van der Waals surface area contributed by atoms with Crippen LogP contribution < -0.4 is 5.73 Å². The zero-order valence-corrected chi connectivity index (χ0v) is 4.83. The average Bonchev–Trinajstić information content (AvgIpc) is 2.14. The fourth-order valence-corrected chi connectivity index (χ4v) is 0.602. The van der Waals surface area contributed by atoms with Gasteiger partial charge in [0.05, 0.1) is 5.69 Å². The Morgan fingerprint density at radius 3 is 2.88 bits per heavy atom. The van der Waals surface area contributed by atoms with Crippen LogP contribution in [0.15, 0.2) is 12.3 Å². The molecule has 1 aromatic rings. The summed E-state index contributed by atoms with van der Waals surface area (Å²) in [5.74, 6) is 0. The van der Waals surface area contributed by atoms with Crippen LogP contribution in [0.1, 0.15) is 5.69 Å². The number of hydrogen-bond donors (Lipinski definition) is 1. The van der Waals surface area contributed by atoms with Crippen molar-refractivity contribution in [3.8, 4) is 0 Å². The normalized spacial score (nSPS) is 9.75. The number of nitrogens with two attached hydrogens (primary N) is 1. The molecule has 0 spiro atoms. The molecule has 0 atom stereocenters. The van der Waals surface area contributed by atoms with Crippen molar-refractivity contribution in [1.29, 1.82) is 0 Å². The highest BCUT2D eigenvalue weighted by molar-refractivity contribution is 4.98. The smallest absolute Gasteiger partial charge is 0.0516 e. The number of rotatable bonds is 1. The van der Waals surface area contributed by atoms with Crippen molar-refractivity contribution >= 4 is 0 Å². The first-order valence-electron chi connectivity index (χ1n) is 2.51. The van der Waals surface area contributed by atoms with Crippen LogP contribution in [-0.4, -0.2) is 9.78 Å². The lowest BCUT2D eigenvalue weighted by atomic mass is 10.4. The Bertz CT molecular complexity index is 168. The number of aromatic nitrogens is 2. The Morgan fingerprint density at radius 2 is 2.62 bits per heavy atom. The summed E-state index contributed by atoms with van der Waals surface area (Å²) in [5.41, 5.74) is 6.39. The molecule has 3 nitrogen and oxygen atoms in total. The van der Waals surface area contributed by atoms with E-state index in [9.17, 15) is 0 Å². The van der Waals surface area contributed by atoms with E-state index in [0.29, 0.717) is 6.54 Å². The van der Waals surface area contributed by atoms with Crippen molar-refractivity contribution in [2.75, 3.05) is 0 Å². The van der Waals surface area contributed by atoms with Crippen molar-refractivity contribution in [3.05, 3.63) is 18.0 Å². The summed E-state index contributed by atoms with van der Waals surface area (Å²) < 4.78 is 1.76. The van der Waals surface area contributed by atoms with Gasteiger partial charge in [0, 0.05) is 19.8 Å². The van der Waals surface area contributed by atoms with E-state index in [2.05, 4.69) is 5.10 Å². The Hall–Kier alpha value is -0.830. The molecule has 0 saturated carbocycles. The van der Waals surface area contributed by atoms with E-state index in [1.807, 2.05) is 13.1 Å². The molecule has 8 heavy (non-hydrogen) atoms. The van der Waals surface area contributed by atoms with Gasteiger partial charge in [0.1, 0.15) is 0 Å². The lowest BCUT2D eigenvalue weighted by molar-refractivity contribution is 0.712. The molecule has 1 heterocycles. The predicted octanol–water partition coefficient (Wildman–Crippen LogP) is -0.121. The third kappa shape index (κ3) is 0.721. The van der Waals surface area contributed by atoms with Gasteiger partial charge >= 0.3 is 0 Å². The highest BCUT2D eigenvalue weighted by Gasteiger charge is 1.90. The maximum Gasteiger partial charge on any atom is 0.0516 e. The lowest BCUT2D eigenvalue weighted by Crippen LogP contribution is -2.03. The summed E-state index contributed by atoms with van der Waals surface area (Å²) in [6.07, 6.45) is 1.74. The van der Waals surface area contributed by atoms with Gasteiger partial charge in [0.2, 0.25) is 0 Å². The summed E-state index contributed by atoms with van der Waals surface area (Å²) in [4.78, 5) is 0. The summed E-state index contributed by atoms with van der Waals surface area (Å²) in [6, 6.07) is 1.90. The van der Waals surface area contributed by atoms with Crippen LogP contribution in [0.3, 0.4) is 0 Å². The Kier molecular flexibility index (Phi) is 1.30. The molecule has 0 amide bonds. The molecule has 0 aliphatic rings. The molecule has 0 aromatic carbocycles. The zero-order valence-electron chi connectivity index (χ0n) is 4.83. The van der Waals surface area contributed by atoms with E-state index >= 15 is 0 Å². The molecule has 1 rings (SSSR count). The quantitative estimate of drug-likeness (QED) is 0.549. The van der Waals surface area contributed by atoms with Crippen LogP contribution >= 0.6 is 0 Å². The second kappa shape index (κ2) is 1.96. The van der Waals surface area contributed by atoms with E-state index in [4.69, 9.17) is 5.73 Å². The molecule has 0 fully saturated rings. The SMILES string of the molecule is Cn1nccc1CN. The fourth-order valence-electron chi connectivity index (χ4n) is 0.602. The summed E-state index contributed by atoms with van der Waals surface area (Å²) in [5, 5.41) is 3.92. The summed E-state index contributed by atoms with van der Waals surface area (Å²) in [6.45, 7) is 0.566. The van der Waals surface area contributed by atoms with Gasteiger partial charge in [-0.05, 0) is 6.07 Å². The monoisotopic (exact) mass is 111 g/mol. The first-order valence-corrected chi connectivity index (χ1v) is 2.51. The number of hydrogen-bond acceptors (Lipinski definition) is 2. The summed E-state index contributed by atoms with van der Waals surface area (Å²) in [7, 11) is 1.88. The molecule has 0 bridgehead atoms. The number of nitrogens with zero attached hydrogens (tertiary/aromatic N) is 2. The topological polar surface area (TPSA) is 43.8 Å². The molecular weight excluding hydrogens is 102 g/mol. The minimum Gasteiger partial charge on any atom is -0.325 e. The first-order chi connectivity index (χ1) is 3.84. The predicted molar refractivity (Wildman–Crippen MR) is 31.1 cm³/mol. The van der Waals surface area contributed by atoms with Gasteiger partial charge in [-0.15, -0.1) is 0 Å². The van der Waals surface area contributed by atoms with Crippen LogP contribution in [0.2, 0.25) is 0 Å². The number of aryl methyl sites for hydroxylation is 1. The fraction of sp³-hybridized carbons (Fsp3) is 0.400. The molecule has 1 aromatic heterocycles. The molecule has 0 unspecified atom stereocenters. The van der Waals surface area contributed by atoms with Gasteiger partial charge in [0.15, 0.2) is 0 Å². The van der Waals surface area contributed by atoms with Gasteiger partial charge in [0.25, 0.3) is 0 Å². The molecule has 0 aliphatic heterocycles. The van der Waals surface area contributed by atoms with E-state index in [1.165, 1.54) is 0 Å². The molecule has 3 heteroatoms. The minimum absolute atomic E-state index is 0.566. The standard InChI is InChI=1S/C5H9N3/c1-8-5(4-6)2-3-7-8/h2-3H,4,6H2,1H3. The van der Waals surface area contributed by atoms with Crippen LogP contribution in [0.5, 0.6) is 0 Å². The van der Waals surface area contributed by atoms with Gasteiger partial charge < -0.3 is 5.73 Å². The zero-order chi connectivity index (χ0) is 5.98.